The minimum atomic E-state index is -0.703. The summed E-state index contributed by atoms with van der Waals surface area (Å²) >= 11 is 1.50. The Morgan fingerprint density at radius 1 is 1.26 bits per heavy atom. The van der Waals surface area contributed by atoms with Gasteiger partial charge in [0.25, 0.3) is 5.91 Å². The molecule has 0 unspecified atom stereocenters. The van der Waals surface area contributed by atoms with Crippen LogP contribution in [0.3, 0.4) is 0 Å². The number of nitrogens with one attached hydrogen (secondary N) is 2. The molecule has 9 heteroatoms. The lowest BCUT2D eigenvalue weighted by Gasteiger charge is -2.20. The topological polar surface area (TPSA) is 113 Å². The van der Waals surface area contributed by atoms with E-state index in [4.69, 9.17) is 14.7 Å². The summed E-state index contributed by atoms with van der Waals surface area (Å²) in [6.07, 6.45) is 1.71. The Hall–Kier alpha value is -3.38. The number of hydrogen-bond donors (Lipinski definition) is 2. The summed E-state index contributed by atoms with van der Waals surface area (Å²) in [6, 6.07) is 10.1. The molecule has 0 saturated carbocycles. The van der Waals surface area contributed by atoms with Gasteiger partial charge in [-0.3, -0.25) is 9.59 Å². The van der Waals surface area contributed by atoms with Crippen molar-refractivity contribution in [2.75, 3.05) is 13.2 Å². The van der Waals surface area contributed by atoms with Crippen molar-refractivity contribution in [1.29, 1.82) is 5.26 Å². The number of nitrogens with zero attached hydrogens (tertiary/aromatic N) is 2. The second kappa shape index (κ2) is 12.3. The standard InChI is InChI=1S/C22H26N4O4S/c1-4-29-19-12-16(7-8-18(19)30-10-9-23)14-24-26-22(28)21(15(2)3)25-20(27)13-17-6-5-11-31-17/h5-8,11-12,14-15,21H,4,10,13H2,1-3H3,(H,25,27)(H,26,28)/b24-14+/t21-/m1/s1. The van der Waals surface area contributed by atoms with Crippen molar-refractivity contribution >= 4 is 29.4 Å². The van der Waals surface area contributed by atoms with E-state index in [2.05, 4.69) is 15.8 Å². The van der Waals surface area contributed by atoms with Crippen LogP contribution in [0, 0.1) is 17.2 Å². The van der Waals surface area contributed by atoms with Crippen molar-refractivity contribution in [1.82, 2.24) is 10.7 Å². The summed E-state index contributed by atoms with van der Waals surface area (Å²) in [4.78, 5) is 25.7. The molecule has 8 nitrogen and oxygen atoms in total. The smallest absolute Gasteiger partial charge is 0.262 e. The molecule has 0 spiro atoms. The zero-order chi connectivity index (χ0) is 22.6. The van der Waals surface area contributed by atoms with Crippen LogP contribution < -0.4 is 20.2 Å². The van der Waals surface area contributed by atoms with E-state index in [9.17, 15) is 9.59 Å². The molecule has 0 radical (unpaired) electrons. The summed E-state index contributed by atoms with van der Waals surface area (Å²) < 4.78 is 10.9. The zero-order valence-electron chi connectivity index (χ0n) is 17.8. The van der Waals surface area contributed by atoms with Crippen LogP contribution in [-0.4, -0.2) is 37.3 Å². The molecule has 1 aromatic carbocycles. The number of rotatable bonds is 11. The molecule has 164 valence electrons. The van der Waals surface area contributed by atoms with Crippen LogP contribution in [0.15, 0.2) is 40.8 Å². The quantitative estimate of drug-likeness (QED) is 0.410. The summed E-state index contributed by atoms with van der Waals surface area (Å²) in [5, 5.41) is 17.3. The van der Waals surface area contributed by atoms with Gasteiger partial charge in [0.2, 0.25) is 5.91 Å². The molecule has 2 amide bonds. The SMILES string of the molecule is CCOc1cc(/C=N/NC(=O)[C@H](NC(=O)Cc2cccs2)C(C)C)ccc1OCC#N. The number of carbonyl (C=O) groups excluding carboxylic acids is 2. The largest absolute Gasteiger partial charge is 0.490 e. The van der Waals surface area contributed by atoms with Gasteiger partial charge in [0.1, 0.15) is 12.1 Å². The third-order valence-electron chi connectivity index (χ3n) is 4.13. The van der Waals surface area contributed by atoms with Crippen LogP contribution in [0.4, 0.5) is 0 Å². The van der Waals surface area contributed by atoms with Gasteiger partial charge in [0.15, 0.2) is 18.1 Å². The maximum atomic E-state index is 12.5. The minimum absolute atomic E-state index is 0.0850. The first-order valence-corrected chi connectivity index (χ1v) is 10.7. The normalized spacial score (nSPS) is 11.7. The van der Waals surface area contributed by atoms with Crippen molar-refractivity contribution in [2.24, 2.45) is 11.0 Å². The highest BCUT2D eigenvalue weighted by atomic mass is 32.1. The van der Waals surface area contributed by atoms with Crippen LogP contribution in [0.25, 0.3) is 0 Å². The van der Waals surface area contributed by atoms with Crippen molar-refractivity contribution in [3.05, 3.63) is 46.2 Å². The number of amides is 2. The van der Waals surface area contributed by atoms with Crippen molar-refractivity contribution in [3.8, 4) is 17.6 Å². The van der Waals surface area contributed by atoms with Gasteiger partial charge in [0.05, 0.1) is 19.2 Å². The van der Waals surface area contributed by atoms with Gasteiger partial charge in [0, 0.05) is 4.88 Å². The number of benzene rings is 1. The Morgan fingerprint density at radius 3 is 2.71 bits per heavy atom. The van der Waals surface area contributed by atoms with E-state index in [1.54, 1.807) is 18.2 Å². The lowest BCUT2D eigenvalue weighted by atomic mass is 10.0. The first-order valence-electron chi connectivity index (χ1n) is 9.85. The number of nitriles is 1. The summed E-state index contributed by atoms with van der Waals surface area (Å²) in [6.45, 7) is 5.90. The maximum absolute atomic E-state index is 12.5. The third kappa shape index (κ3) is 7.75. The highest BCUT2D eigenvalue weighted by Crippen LogP contribution is 2.28. The van der Waals surface area contributed by atoms with Crippen molar-refractivity contribution < 1.29 is 19.1 Å². The molecule has 2 N–H and O–H groups in total. The summed E-state index contributed by atoms with van der Waals surface area (Å²) in [5.41, 5.74) is 3.16. The molecule has 31 heavy (non-hydrogen) atoms. The Labute approximate surface area is 185 Å². The van der Waals surface area contributed by atoms with Crippen LogP contribution in [0.5, 0.6) is 11.5 Å². The molecule has 0 aliphatic heterocycles. The maximum Gasteiger partial charge on any atom is 0.262 e. The summed E-state index contributed by atoms with van der Waals surface area (Å²) in [7, 11) is 0. The van der Waals surface area contributed by atoms with Gasteiger partial charge in [-0.05, 0) is 48.1 Å². The molecule has 0 saturated heterocycles. The van der Waals surface area contributed by atoms with Gasteiger partial charge in [-0.2, -0.15) is 10.4 Å². The van der Waals surface area contributed by atoms with Gasteiger partial charge in [-0.1, -0.05) is 19.9 Å². The Balaban J connectivity index is 1.98. The molecule has 0 fully saturated rings. The number of hydrazone groups is 1. The second-order valence-corrected chi connectivity index (χ2v) is 7.90. The molecular weight excluding hydrogens is 416 g/mol. The molecule has 2 rings (SSSR count). The minimum Gasteiger partial charge on any atom is -0.490 e. The van der Waals surface area contributed by atoms with Crippen molar-refractivity contribution in [2.45, 2.75) is 33.2 Å². The molecule has 1 aromatic heterocycles. The van der Waals surface area contributed by atoms with E-state index in [1.807, 2.05) is 44.4 Å². The van der Waals surface area contributed by atoms with Gasteiger partial charge >= 0.3 is 0 Å². The Kier molecular flexibility index (Phi) is 9.52. The van der Waals surface area contributed by atoms with Crippen LogP contribution in [0.2, 0.25) is 0 Å². The Bertz CT molecular complexity index is 935. The highest BCUT2D eigenvalue weighted by Gasteiger charge is 2.24. The lowest BCUT2D eigenvalue weighted by Crippen LogP contribution is -2.49. The van der Waals surface area contributed by atoms with Crippen LogP contribution in [0.1, 0.15) is 31.2 Å². The molecule has 1 heterocycles. The fraction of sp³-hybridized carbons (Fsp3) is 0.364. The predicted molar refractivity (Wildman–Crippen MR) is 119 cm³/mol. The average molecular weight is 443 g/mol. The van der Waals surface area contributed by atoms with Crippen LogP contribution >= 0.6 is 11.3 Å². The number of hydrogen-bond acceptors (Lipinski definition) is 7. The second-order valence-electron chi connectivity index (χ2n) is 6.87. The fourth-order valence-corrected chi connectivity index (χ4v) is 3.38. The van der Waals surface area contributed by atoms with Crippen LogP contribution in [-0.2, 0) is 16.0 Å². The third-order valence-corrected chi connectivity index (χ3v) is 5.01. The van der Waals surface area contributed by atoms with E-state index < -0.39 is 11.9 Å². The first kappa shape index (κ1) is 23.9. The highest BCUT2D eigenvalue weighted by molar-refractivity contribution is 7.10. The van der Waals surface area contributed by atoms with E-state index in [-0.39, 0.29) is 24.9 Å². The van der Waals surface area contributed by atoms with E-state index in [1.165, 1.54) is 17.6 Å². The van der Waals surface area contributed by atoms with Crippen molar-refractivity contribution in [3.63, 3.8) is 0 Å². The molecular formula is C22H26N4O4S. The van der Waals surface area contributed by atoms with Gasteiger partial charge < -0.3 is 14.8 Å². The first-order chi connectivity index (χ1) is 14.9. The van der Waals surface area contributed by atoms with E-state index in [0.29, 0.717) is 23.7 Å². The molecule has 0 bridgehead atoms. The number of thiophene rings is 1. The van der Waals surface area contributed by atoms with E-state index in [0.717, 1.165) is 4.88 Å². The zero-order valence-corrected chi connectivity index (χ0v) is 18.6. The van der Waals surface area contributed by atoms with Gasteiger partial charge in [-0.15, -0.1) is 11.3 Å². The van der Waals surface area contributed by atoms with Gasteiger partial charge in [-0.25, -0.2) is 5.43 Å². The fourth-order valence-electron chi connectivity index (χ4n) is 2.67. The molecule has 2 aromatic rings. The molecule has 0 aliphatic rings. The Morgan fingerprint density at radius 2 is 2.06 bits per heavy atom. The summed E-state index contributed by atoms with van der Waals surface area (Å²) in [5.74, 6) is 0.217. The molecule has 0 aliphatic carbocycles. The number of carbonyl (C=O) groups is 2. The lowest BCUT2D eigenvalue weighted by molar-refractivity contribution is -0.129. The average Bonchev–Trinajstić information content (AvgIpc) is 3.24. The monoisotopic (exact) mass is 442 g/mol. The predicted octanol–water partition coefficient (Wildman–Crippen LogP) is 2.88. The number of ether oxygens (including phenoxy) is 2. The molecule has 1 atom stereocenters. The van der Waals surface area contributed by atoms with E-state index >= 15 is 0 Å².